The minimum absolute atomic E-state index is 0.284. The highest BCUT2D eigenvalue weighted by Gasteiger charge is 2.25. The van der Waals surface area contributed by atoms with E-state index in [4.69, 9.17) is 5.73 Å². The molecule has 0 aliphatic heterocycles. The molecule has 0 spiro atoms. The first-order valence-electron chi connectivity index (χ1n) is 7.68. The lowest BCUT2D eigenvalue weighted by Crippen LogP contribution is -2.38. The number of rotatable bonds is 3. The van der Waals surface area contributed by atoms with Gasteiger partial charge in [0.1, 0.15) is 0 Å². The van der Waals surface area contributed by atoms with Crippen molar-refractivity contribution in [1.82, 2.24) is 5.32 Å². The first kappa shape index (κ1) is 13.9. The molecule has 0 aromatic carbocycles. The lowest BCUT2D eigenvalue weighted by molar-refractivity contribution is -0.126. The van der Waals surface area contributed by atoms with Gasteiger partial charge in [-0.15, -0.1) is 0 Å². The topological polar surface area (TPSA) is 55.1 Å². The van der Waals surface area contributed by atoms with Crippen LogP contribution in [0.3, 0.4) is 0 Å². The molecule has 0 saturated heterocycles. The third kappa shape index (κ3) is 3.98. The zero-order valence-corrected chi connectivity index (χ0v) is 11.7. The number of carbonyl (C=O) groups excluding carboxylic acids is 1. The molecular weight excluding hydrogens is 224 g/mol. The zero-order chi connectivity index (χ0) is 13.0. The summed E-state index contributed by atoms with van der Waals surface area (Å²) in [5.74, 6) is 2.06. The molecule has 3 nitrogen and oxygen atoms in total. The van der Waals surface area contributed by atoms with E-state index >= 15 is 0 Å². The van der Waals surface area contributed by atoms with Crippen molar-refractivity contribution in [1.29, 1.82) is 0 Å². The standard InChI is InChI=1S/C15H28N2O/c1-11-2-6-13(7-3-11)15(18)17-10-12-4-8-14(16)9-5-12/h11-14H,2-10,16H2,1H3,(H,17,18). The van der Waals surface area contributed by atoms with Gasteiger partial charge in [-0.3, -0.25) is 4.79 Å². The summed E-state index contributed by atoms with van der Waals surface area (Å²) in [6.45, 7) is 3.16. The molecule has 0 bridgehead atoms. The predicted octanol–water partition coefficient (Wildman–Crippen LogP) is 2.45. The van der Waals surface area contributed by atoms with Crippen molar-refractivity contribution >= 4 is 5.91 Å². The fraction of sp³-hybridized carbons (Fsp3) is 0.933. The fourth-order valence-corrected chi connectivity index (χ4v) is 3.30. The van der Waals surface area contributed by atoms with E-state index in [1.165, 1.54) is 25.7 Å². The molecule has 3 N–H and O–H groups in total. The van der Waals surface area contributed by atoms with Gasteiger partial charge in [-0.05, 0) is 63.2 Å². The second-order valence-electron chi connectivity index (χ2n) is 6.48. The molecule has 2 fully saturated rings. The Hall–Kier alpha value is -0.570. The summed E-state index contributed by atoms with van der Waals surface area (Å²) in [5, 5.41) is 3.17. The average Bonchev–Trinajstić information content (AvgIpc) is 2.38. The average molecular weight is 252 g/mol. The molecule has 1 amide bonds. The highest BCUT2D eigenvalue weighted by atomic mass is 16.1. The van der Waals surface area contributed by atoms with Crippen LogP contribution in [0.25, 0.3) is 0 Å². The number of amides is 1. The number of hydrogen-bond acceptors (Lipinski definition) is 2. The number of nitrogens with one attached hydrogen (secondary N) is 1. The smallest absolute Gasteiger partial charge is 0.223 e. The third-order valence-electron chi connectivity index (χ3n) is 4.84. The van der Waals surface area contributed by atoms with E-state index in [-0.39, 0.29) is 5.92 Å². The van der Waals surface area contributed by atoms with Crippen LogP contribution >= 0.6 is 0 Å². The van der Waals surface area contributed by atoms with Gasteiger partial charge in [0.15, 0.2) is 0 Å². The molecule has 0 unspecified atom stereocenters. The van der Waals surface area contributed by atoms with E-state index in [9.17, 15) is 4.79 Å². The van der Waals surface area contributed by atoms with Crippen LogP contribution in [0.15, 0.2) is 0 Å². The molecule has 0 aromatic rings. The maximum atomic E-state index is 12.1. The Labute approximate surface area is 111 Å². The van der Waals surface area contributed by atoms with Crippen molar-refractivity contribution in [2.24, 2.45) is 23.5 Å². The Kier molecular flexibility index (Phi) is 5.04. The highest BCUT2D eigenvalue weighted by Crippen LogP contribution is 2.28. The molecular formula is C15H28N2O. The summed E-state index contributed by atoms with van der Waals surface area (Å²) in [7, 11) is 0. The molecule has 0 radical (unpaired) electrons. The minimum atomic E-state index is 0.284. The van der Waals surface area contributed by atoms with E-state index in [1.807, 2.05) is 0 Å². The molecule has 2 rings (SSSR count). The van der Waals surface area contributed by atoms with E-state index in [0.717, 1.165) is 38.1 Å². The maximum absolute atomic E-state index is 12.1. The van der Waals surface area contributed by atoms with Crippen molar-refractivity contribution in [2.75, 3.05) is 6.54 Å². The zero-order valence-electron chi connectivity index (χ0n) is 11.7. The quantitative estimate of drug-likeness (QED) is 0.810. The van der Waals surface area contributed by atoms with Crippen LogP contribution in [-0.4, -0.2) is 18.5 Å². The Morgan fingerprint density at radius 2 is 1.67 bits per heavy atom. The van der Waals surface area contributed by atoms with Crippen molar-refractivity contribution in [3.63, 3.8) is 0 Å². The molecule has 0 aromatic heterocycles. The molecule has 3 heteroatoms. The minimum Gasteiger partial charge on any atom is -0.356 e. The molecule has 18 heavy (non-hydrogen) atoms. The highest BCUT2D eigenvalue weighted by molar-refractivity contribution is 5.78. The first-order chi connectivity index (χ1) is 8.65. The molecule has 0 heterocycles. The fourth-order valence-electron chi connectivity index (χ4n) is 3.30. The van der Waals surface area contributed by atoms with Gasteiger partial charge >= 0.3 is 0 Å². The molecule has 2 aliphatic rings. The second kappa shape index (κ2) is 6.55. The van der Waals surface area contributed by atoms with Gasteiger partial charge in [-0.2, -0.15) is 0 Å². The van der Waals surface area contributed by atoms with Gasteiger partial charge in [0.05, 0.1) is 0 Å². The first-order valence-corrected chi connectivity index (χ1v) is 7.68. The van der Waals surface area contributed by atoms with Crippen LogP contribution in [0.5, 0.6) is 0 Å². The Morgan fingerprint density at radius 1 is 1.06 bits per heavy atom. The predicted molar refractivity (Wildman–Crippen MR) is 74.1 cm³/mol. The van der Waals surface area contributed by atoms with E-state index in [1.54, 1.807) is 0 Å². The van der Waals surface area contributed by atoms with Gasteiger partial charge in [0.25, 0.3) is 0 Å². The van der Waals surface area contributed by atoms with Gasteiger partial charge < -0.3 is 11.1 Å². The lowest BCUT2D eigenvalue weighted by Gasteiger charge is -2.28. The summed E-state index contributed by atoms with van der Waals surface area (Å²) in [6, 6.07) is 0.400. The largest absolute Gasteiger partial charge is 0.356 e. The summed E-state index contributed by atoms with van der Waals surface area (Å²) in [6.07, 6.45) is 9.23. The van der Waals surface area contributed by atoms with Gasteiger partial charge in [-0.1, -0.05) is 6.92 Å². The Morgan fingerprint density at radius 3 is 2.28 bits per heavy atom. The monoisotopic (exact) mass is 252 g/mol. The van der Waals surface area contributed by atoms with Crippen molar-refractivity contribution < 1.29 is 4.79 Å². The second-order valence-corrected chi connectivity index (χ2v) is 6.48. The van der Waals surface area contributed by atoms with Crippen molar-refractivity contribution in [2.45, 2.75) is 64.3 Å². The number of hydrogen-bond donors (Lipinski definition) is 2. The van der Waals surface area contributed by atoms with E-state index in [2.05, 4.69) is 12.2 Å². The van der Waals surface area contributed by atoms with Gasteiger partial charge in [0.2, 0.25) is 5.91 Å². The molecule has 0 atom stereocenters. The van der Waals surface area contributed by atoms with Crippen LogP contribution in [-0.2, 0) is 4.79 Å². The van der Waals surface area contributed by atoms with Gasteiger partial charge in [-0.25, -0.2) is 0 Å². The van der Waals surface area contributed by atoms with Gasteiger partial charge in [0, 0.05) is 18.5 Å². The summed E-state index contributed by atoms with van der Waals surface area (Å²) >= 11 is 0. The Balaban J connectivity index is 1.65. The van der Waals surface area contributed by atoms with Crippen LogP contribution in [0.2, 0.25) is 0 Å². The summed E-state index contributed by atoms with van der Waals surface area (Å²) < 4.78 is 0. The van der Waals surface area contributed by atoms with E-state index in [0.29, 0.717) is 17.9 Å². The van der Waals surface area contributed by atoms with Crippen LogP contribution < -0.4 is 11.1 Å². The molecule has 2 aliphatic carbocycles. The SMILES string of the molecule is CC1CCC(C(=O)NCC2CCC(N)CC2)CC1. The van der Waals surface area contributed by atoms with Crippen molar-refractivity contribution in [3.8, 4) is 0 Å². The lowest BCUT2D eigenvalue weighted by atomic mass is 9.82. The van der Waals surface area contributed by atoms with Crippen LogP contribution in [0, 0.1) is 17.8 Å². The van der Waals surface area contributed by atoms with Crippen LogP contribution in [0.4, 0.5) is 0 Å². The van der Waals surface area contributed by atoms with Crippen molar-refractivity contribution in [3.05, 3.63) is 0 Å². The summed E-state index contributed by atoms with van der Waals surface area (Å²) in [4.78, 5) is 12.1. The Bertz CT molecular complexity index is 264. The molecule has 104 valence electrons. The summed E-state index contributed by atoms with van der Waals surface area (Å²) in [5.41, 5.74) is 5.90. The molecule has 2 saturated carbocycles. The number of carbonyl (C=O) groups is 1. The third-order valence-corrected chi connectivity index (χ3v) is 4.84. The number of nitrogens with two attached hydrogens (primary N) is 1. The maximum Gasteiger partial charge on any atom is 0.223 e. The normalized spacial score (nSPS) is 37.2. The van der Waals surface area contributed by atoms with Crippen LogP contribution in [0.1, 0.15) is 58.3 Å². The van der Waals surface area contributed by atoms with E-state index < -0.39 is 0 Å².